The number of aromatic nitrogens is 2. The fraction of sp³-hybridized carbons (Fsp3) is 0.0476. The number of carbonyl (C=O) groups is 1. The maximum atomic E-state index is 12.9. The highest BCUT2D eigenvalue weighted by molar-refractivity contribution is 7.18. The van der Waals surface area contributed by atoms with Crippen molar-refractivity contribution in [3.8, 4) is 21.8 Å². The van der Waals surface area contributed by atoms with Crippen LogP contribution >= 0.6 is 11.3 Å². The van der Waals surface area contributed by atoms with Gasteiger partial charge in [-0.3, -0.25) is 14.9 Å². The first-order chi connectivity index (χ1) is 14.1. The van der Waals surface area contributed by atoms with E-state index in [4.69, 9.17) is 0 Å². The largest absolute Gasteiger partial charge is 0.376 e. The third-order valence-electron chi connectivity index (χ3n) is 4.26. The molecule has 4 aromatic rings. The van der Waals surface area contributed by atoms with Crippen molar-refractivity contribution in [2.75, 3.05) is 11.9 Å². The van der Waals surface area contributed by atoms with Crippen LogP contribution in [0.4, 0.5) is 10.7 Å². The van der Waals surface area contributed by atoms with Crippen LogP contribution in [0.1, 0.15) is 4.79 Å². The molecule has 4 rings (SSSR count). The number of carbonyl (C=O) groups excluding carboxylic acids is 1. The number of hydrogen-bond acceptors (Lipinski definition) is 6. The second kappa shape index (κ2) is 8.07. The van der Waals surface area contributed by atoms with Crippen LogP contribution < -0.4 is 5.32 Å². The van der Waals surface area contributed by atoms with Gasteiger partial charge < -0.3 is 5.32 Å². The zero-order valence-electron chi connectivity index (χ0n) is 15.2. The maximum absolute atomic E-state index is 12.9. The molecule has 0 spiro atoms. The fourth-order valence-corrected chi connectivity index (χ4v) is 3.65. The smallest absolute Gasteiger partial charge is 0.324 e. The summed E-state index contributed by atoms with van der Waals surface area (Å²) in [6, 6.07) is 23.8. The van der Waals surface area contributed by atoms with Gasteiger partial charge in [0.25, 0.3) is 5.91 Å². The summed E-state index contributed by atoms with van der Waals surface area (Å²) in [5.74, 6) is -0.231. The van der Waals surface area contributed by atoms with E-state index in [1.807, 2.05) is 60.7 Å². The molecular formula is C21H16N4O3S. The van der Waals surface area contributed by atoms with E-state index in [0.717, 1.165) is 22.6 Å². The van der Waals surface area contributed by atoms with E-state index in [1.54, 1.807) is 12.1 Å². The van der Waals surface area contributed by atoms with Crippen LogP contribution in [0.25, 0.3) is 21.8 Å². The van der Waals surface area contributed by atoms with E-state index in [1.165, 1.54) is 10.7 Å². The molecule has 0 aliphatic carbocycles. The maximum Gasteiger partial charge on any atom is 0.324 e. The molecule has 0 saturated heterocycles. The van der Waals surface area contributed by atoms with E-state index in [9.17, 15) is 14.9 Å². The molecule has 7 nitrogen and oxygen atoms in total. The van der Waals surface area contributed by atoms with Crippen LogP contribution in [0, 0.1) is 10.1 Å². The van der Waals surface area contributed by atoms with E-state index in [2.05, 4.69) is 10.4 Å². The summed E-state index contributed by atoms with van der Waals surface area (Å²) in [7, 11) is 0. The lowest BCUT2D eigenvalue weighted by Gasteiger charge is -2.08. The number of benzene rings is 2. The Kier molecular flexibility index (Phi) is 5.17. The second-order valence-corrected chi connectivity index (χ2v) is 7.26. The second-order valence-electron chi connectivity index (χ2n) is 6.20. The number of hydrogen-bond donors (Lipinski definition) is 1. The van der Waals surface area contributed by atoms with Gasteiger partial charge in [0, 0.05) is 17.3 Å². The first-order valence-electron chi connectivity index (χ1n) is 8.84. The summed E-state index contributed by atoms with van der Waals surface area (Å²) in [6.45, 7) is 0.0650. The molecule has 0 fully saturated rings. The minimum atomic E-state index is -0.432. The van der Waals surface area contributed by atoms with Gasteiger partial charge in [-0.25, -0.2) is 0 Å². The Labute approximate surface area is 170 Å². The molecule has 2 aromatic heterocycles. The van der Waals surface area contributed by atoms with E-state index >= 15 is 0 Å². The Morgan fingerprint density at radius 1 is 1.03 bits per heavy atom. The Balaban J connectivity index is 1.68. The van der Waals surface area contributed by atoms with Gasteiger partial charge in [-0.1, -0.05) is 59.9 Å². The molecule has 1 N–H and O–H groups in total. The summed E-state index contributed by atoms with van der Waals surface area (Å²) in [5, 5.41) is 18.6. The lowest BCUT2D eigenvalue weighted by molar-refractivity contribution is -0.380. The van der Waals surface area contributed by atoms with Crippen molar-refractivity contribution in [2.45, 2.75) is 0 Å². The monoisotopic (exact) mass is 404 g/mol. The molecule has 2 heterocycles. The number of para-hydroxylation sites is 1. The molecular weight excluding hydrogens is 388 g/mol. The Hall–Kier alpha value is -3.78. The zero-order valence-corrected chi connectivity index (χ0v) is 16.0. The van der Waals surface area contributed by atoms with Gasteiger partial charge in [-0.05, 0) is 24.3 Å². The van der Waals surface area contributed by atoms with Crippen molar-refractivity contribution in [2.24, 2.45) is 0 Å². The minimum Gasteiger partial charge on any atom is -0.376 e. The van der Waals surface area contributed by atoms with Gasteiger partial charge in [-0.15, -0.1) is 0 Å². The van der Waals surface area contributed by atoms with E-state index in [0.29, 0.717) is 16.3 Å². The molecule has 0 atom stereocenters. The minimum absolute atomic E-state index is 0.0351. The van der Waals surface area contributed by atoms with Crippen molar-refractivity contribution in [1.82, 2.24) is 9.78 Å². The Morgan fingerprint density at radius 2 is 1.72 bits per heavy atom. The standard InChI is InChI=1S/C21H16N4O3S/c26-20(14-22-16-9-5-2-6-10-16)24-18(15-7-3-1-4-8-15)13-17(23-24)19-11-12-21(29-19)25(27)28/h1-13,22H,14H2. The van der Waals surface area contributed by atoms with Gasteiger partial charge in [0.05, 0.1) is 22.0 Å². The number of nitrogens with zero attached hydrogens (tertiary/aromatic N) is 3. The number of thiophene rings is 1. The summed E-state index contributed by atoms with van der Waals surface area (Å²) >= 11 is 1.03. The van der Waals surface area contributed by atoms with Crippen molar-refractivity contribution in [1.29, 1.82) is 0 Å². The average molecular weight is 404 g/mol. The molecule has 2 aromatic carbocycles. The zero-order chi connectivity index (χ0) is 20.2. The number of anilines is 1. The lowest BCUT2D eigenvalue weighted by Crippen LogP contribution is -2.22. The highest BCUT2D eigenvalue weighted by Crippen LogP contribution is 2.34. The van der Waals surface area contributed by atoms with Crippen molar-refractivity contribution >= 4 is 27.9 Å². The summed E-state index contributed by atoms with van der Waals surface area (Å²) in [6.07, 6.45) is 0. The van der Waals surface area contributed by atoms with E-state index in [-0.39, 0.29) is 17.5 Å². The van der Waals surface area contributed by atoms with Gasteiger partial charge in [0.2, 0.25) is 0 Å². The van der Waals surface area contributed by atoms with E-state index < -0.39 is 4.92 Å². The quantitative estimate of drug-likeness (QED) is 0.363. The predicted octanol–water partition coefficient (Wildman–Crippen LogP) is 4.94. The predicted molar refractivity (Wildman–Crippen MR) is 113 cm³/mol. The molecule has 0 radical (unpaired) electrons. The third-order valence-corrected chi connectivity index (χ3v) is 5.32. The molecule has 0 unspecified atom stereocenters. The molecule has 0 saturated carbocycles. The van der Waals surface area contributed by atoms with Crippen molar-refractivity contribution in [3.63, 3.8) is 0 Å². The SMILES string of the molecule is O=C(CNc1ccccc1)n1nc(-c2ccc([N+](=O)[O-])s2)cc1-c1ccccc1. The molecule has 144 valence electrons. The summed E-state index contributed by atoms with van der Waals surface area (Å²) < 4.78 is 1.35. The van der Waals surface area contributed by atoms with Crippen LogP contribution in [0.2, 0.25) is 0 Å². The van der Waals surface area contributed by atoms with Crippen molar-refractivity contribution in [3.05, 3.63) is 89.0 Å². The van der Waals surface area contributed by atoms with Crippen molar-refractivity contribution < 1.29 is 9.72 Å². The van der Waals surface area contributed by atoms with Gasteiger partial charge in [0.15, 0.2) is 0 Å². The highest BCUT2D eigenvalue weighted by atomic mass is 32.1. The average Bonchev–Trinajstić information content (AvgIpc) is 3.41. The van der Waals surface area contributed by atoms with Crippen LogP contribution in [0.5, 0.6) is 0 Å². The van der Waals surface area contributed by atoms with Crippen LogP contribution in [0.15, 0.2) is 78.9 Å². The third kappa shape index (κ3) is 4.07. The number of rotatable bonds is 6. The Bertz CT molecular complexity index is 1150. The fourth-order valence-electron chi connectivity index (χ4n) is 2.88. The summed E-state index contributed by atoms with van der Waals surface area (Å²) in [5.41, 5.74) is 2.83. The van der Waals surface area contributed by atoms with Gasteiger partial charge >= 0.3 is 5.00 Å². The summed E-state index contributed by atoms with van der Waals surface area (Å²) in [4.78, 5) is 24.1. The van der Waals surface area contributed by atoms with Crippen LogP contribution in [0.3, 0.4) is 0 Å². The number of nitrogens with one attached hydrogen (secondary N) is 1. The molecule has 8 heteroatoms. The van der Waals surface area contributed by atoms with Crippen LogP contribution in [-0.2, 0) is 0 Å². The molecule has 0 aliphatic heterocycles. The highest BCUT2D eigenvalue weighted by Gasteiger charge is 2.19. The molecule has 0 bridgehead atoms. The first-order valence-corrected chi connectivity index (χ1v) is 9.65. The topological polar surface area (TPSA) is 90.1 Å². The molecule has 0 aliphatic rings. The Morgan fingerprint density at radius 3 is 2.38 bits per heavy atom. The van der Waals surface area contributed by atoms with Crippen LogP contribution in [-0.4, -0.2) is 27.2 Å². The lowest BCUT2D eigenvalue weighted by atomic mass is 10.1. The number of nitro groups is 1. The van der Waals surface area contributed by atoms with Gasteiger partial charge in [0.1, 0.15) is 5.69 Å². The van der Waals surface area contributed by atoms with Gasteiger partial charge in [-0.2, -0.15) is 9.78 Å². The first kappa shape index (κ1) is 18.6. The molecule has 0 amide bonds. The normalized spacial score (nSPS) is 10.6. The molecule has 29 heavy (non-hydrogen) atoms.